The van der Waals surface area contributed by atoms with Crippen LogP contribution >= 0.6 is 11.6 Å². The van der Waals surface area contributed by atoms with E-state index in [1.807, 2.05) is 0 Å². The fraction of sp³-hybridized carbons (Fsp3) is 0.308. The molecule has 3 rings (SSSR count). The largest absolute Gasteiger partial charge is 0.416 e. The lowest BCUT2D eigenvalue weighted by atomic mass is 10.2. The zero-order chi connectivity index (χ0) is 13.6. The third-order valence-electron chi connectivity index (χ3n) is 3.10. The average Bonchev–Trinajstić information content (AvgIpc) is 3.12. The van der Waals surface area contributed by atoms with Crippen molar-refractivity contribution in [2.24, 2.45) is 0 Å². The number of benzene rings is 1. The van der Waals surface area contributed by atoms with Crippen LogP contribution in [-0.4, -0.2) is 9.78 Å². The number of hydrogen-bond acceptors (Lipinski definition) is 1. The van der Waals surface area contributed by atoms with E-state index in [2.05, 4.69) is 5.10 Å². The van der Waals surface area contributed by atoms with Crippen molar-refractivity contribution in [3.63, 3.8) is 0 Å². The second-order valence-corrected chi connectivity index (χ2v) is 5.01. The molecule has 1 fully saturated rings. The van der Waals surface area contributed by atoms with Crippen molar-refractivity contribution in [2.75, 3.05) is 0 Å². The van der Waals surface area contributed by atoms with E-state index in [-0.39, 0.29) is 0 Å². The van der Waals surface area contributed by atoms with Crippen molar-refractivity contribution in [3.05, 3.63) is 46.7 Å². The Kier molecular flexibility index (Phi) is 2.82. The van der Waals surface area contributed by atoms with Crippen LogP contribution in [0.5, 0.6) is 0 Å². The molecular weight excluding hydrogens is 277 g/mol. The van der Waals surface area contributed by atoms with Gasteiger partial charge in [0.1, 0.15) is 5.15 Å². The summed E-state index contributed by atoms with van der Waals surface area (Å²) >= 11 is 6.04. The molecule has 1 heterocycles. The summed E-state index contributed by atoms with van der Waals surface area (Å²) in [6.45, 7) is 0. The summed E-state index contributed by atoms with van der Waals surface area (Å²) in [6, 6.07) is 6.72. The number of rotatable bonds is 2. The summed E-state index contributed by atoms with van der Waals surface area (Å²) in [7, 11) is 0. The number of nitrogens with zero attached hydrogens (tertiary/aromatic N) is 2. The average molecular weight is 287 g/mol. The molecule has 1 aliphatic rings. The summed E-state index contributed by atoms with van der Waals surface area (Å²) in [5.41, 5.74) is 0.471. The van der Waals surface area contributed by atoms with E-state index in [1.54, 1.807) is 12.1 Å². The van der Waals surface area contributed by atoms with Crippen LogP contribution in [0.3, 0.4) is 0 Å². The number of alkyl halides is 3. The minimum absolute atomic E-state index is 0.326. The SMILES string of the molecule is FC(F)(F)c1cccc(-n2nc(C3CC3)cc2Cl)c1. The molecule has 100 valence electrons. The second-order valence-electron chi connectivity index (χ2n) is 4.63. The Bertz CT molecular complexity index is 615. The molecule has 0 bridgehead atoms. The molecule has 0 radical (unpaired) electrons. The summed E-state index contributed by atoms with van der Waals surface area (Å²) in [4.78, 5) is 0. The summed E-state index contributed by atoms with van der Waals surface area (Å²) in [5.74, 6) is 0.407. The quantitative estimate of drug-likeness (QED) is 0.799. The van der Waals surface area contributed by atoms with E-state index in [4.69, 9.17) is 11.6 Å². The lowest BCUT2D eigenvalue weighted by molar-refractivity contribution is -0.137. The Labute approximate surface area is 112 Å². The predicted octanol–water partition coefficient (Wildman–Crippen LogP) is 4.42. The third kappa shape index (κ3) is 2.47. The zero-order valence-corrected chi connectivity index (χ0v) is 10.5. The van der Waals surface area contributed by atoms with Gasteiger partial charge in [0.25, 0.3) is 0 Å². The van der Waals surface area contributed by atoms with Gasteiger partial charge in [0.15, 0.2) is 0 Å². The van der Waals surface area contributed by atoms with Crippen LogP contribution in [0, 0.1) is 0 Å². The fourth-order valence-electron chi connectivity index (χ4n) is 1.95. The Morgan fingerprint density at radius 1 is 1.21 bits per heavy atom. The highest BCUT2D eigenvalue weighted by Gasteiger charge is 2.31. The maximum absolute atomic E-state index is 12.7. The van der Waals surface area contributed by atoms with Gasteiger partial charge in [0, 0.05) is 5.92 Å². The van der Waals surface area contributed by atoms with E-state index in [9.17, 15) is 13.2 Å². The number of aromatic nitrogens is 2. The topological polar surface area (TPSA) is 17.8 Å². The molecule has 0 atom stereocenters. The molecule has 0 unspecified atom stereocenters. The monoisotopic (exact) mass is 286 g/mol. The van der Waals surface area contributed by atoms with E-state index in [0.29, 0.717) is 16.8 Å². The van der Waals surface area contributed by atoms with Gasteiger partial charge in [-0.05, 0) is 37.1 Å². The van der Waals surface area contributed by atoms with Crippen LogP contribution in [0.25, 0.3) is 5.69 Å². The highest BCUT2D eigenvalue weighted by molar-refractivity contribution is 6.29. The van der Waals surface area contributed by atoms with Gasteiger partial charge in [-0.3, -0.25) is 0 Å². The van der Waals surface area contributed by atoms with Crippen molar-refractivity contribution in [1.82, 2.24) is 9.78 Å². The summed E-state index contributed by atoms with van der Waals surface area (Å²) < 4.78 is 39.3. The van der Waals surface area contributed by atoms with E-state index < -0.39 is 11.7 Å². The Morgan fingerprint density at radius 3 is 2.58 bits per heavy atom. The van der Waals surface area contributed by atoms with Crippen LogP contribution < -0.4 is 0 Å². The van der Waals surface area contributed by atoms with Crippen LogP contribution in [-0.2, 0) is 6.18 Å². The standard InChI is InChI=1S/C13H10ClF3N2/c14-12-7-11(8-4-5-8)18-19(12)10-3-1-2-9(6-10)13(15,16)17/h1-3,6-8H,4-5H2. The third-order valence-corrected chi connectivity index (χ3v) is 3.37. The maximum atomic E-state index is 12.7. The first-order valence-corrected chi connectivity index (χ1v) is 6.26. The molecule has 1 aliphatic carbocycles. The van der Waals surface area contributed by atoms with Gasteiger partial charge in [0.05, 0.1) is 16.9 Å². The van der Waals surface area contributed by atoms with Crippen LogP contribution in [0.1, 0.15) is 30.0 Å². The molecule has 0 aliphatic heterocycles. The smallest absolute Gasteiger partial charge is 0.222 e. The van der Waals surface area contributed by atoms with Crippen LogP contribution in [0.4, 0.5) is 13.2 Å². The summed E-state index contributed by atoms with van der Waals surface area (Å²) in [6.07, 6.45) is -2.24. The van der Waals surface area contributed by atoms with E-state index >= 15 is 0 Å². The highest BCUT2D eigenvalue weighted by atomic mass is 35.5. The minimum Gasteiger partial charge on any atom is -0.222 e. The van der Waals surface area contributed by atoms with Crippen LogP contribution in [0.2, 0.25) is 5.15 Å². The Morgan fingerprint density at radius 2 is 1.95 bits per heavy atom. The first-order valence-electron chi connectivity index (χ1n) is 5.88. The van der Waals surface area contributed by atoms with Gasteiger partial charge in [-0.2, -0.15) is 18.3 Å². The first kappa shape index (κ1) is 12.5. The molecule has 1 aromatic heterocycles. The molecule has 0 amide bonds. The Hall–Kier alpha value is -1.49. The molecule has 0 N–H and O–H groups in total. The van der Waals surface area contributed by atoms with E-state index in [0.717, 1.165) is 30.7 Å². The molecule has 1 saturated carbocycles. The molecule has 6 heteroatoms. The molecule has 19 heavy (non-hydrogen) atoms. The predicted molar refractivity (Wildman–Crippen MR) is 65.6 cm³/mol. The van der Waals surface area contributed by atoms with Crippen molar-refractivity contribution < 1.29 is 13.2 Å². The maximum Gasteiger partial charge on any atom is 0.416 e. The Balaban J connectivity index is 2.01. The van der Waals surface area contributed by atoms with Crippen molar-refractivity contribution >= 4 is 11.6 Å². The van der Waals surface area contributed by atoms with Crippen molar-refractivity contribution in [2.45, 2.75) is 24.9 Å². The highest BCUT2D eigenvalue weighted by Crippen LogP contribution is 2.40. The van der Waals surface area contributed by atoms with Crippen molar-refractivity contribution in [3.8, 4) is 5.69 Å². The lowest BCUT2D eigenvalue weighted by Gasteiger charge is -2.09. The molecule has 2 nitrogen and oxygen atoms in total. The molecular formula is C13H10ClF3N2. The molecule has 1 aromatic carbocycles. The van der Waals surface area contributed by atoms with Gasteiger partial charge < -0.3 is 0 Å². The molecule has 0 saturated heterocycles. The fourth-order valence-corrected chi connectivity index (χ4v) is 2.20. The van der Waals surface area contributed by atoms with Gasteiger partial charge in [-0.1, -0.05) is 17.7 Å². The lowest BCUT2D eigenvalue weighted by Crippen LogP contribution is -2.06. The van der Waals surface area contributed by atoms with Crippen LogP contribution in [0.15, 0.2) is 30.3 Å². The van der Waals surface area contributed by atoms with Gasteiger partial charge in [0.2, 0.25) is 0 Å². The second kappa shape index (κ2) is 4.27. The molecule has 0 spiro atoms. The molecule has 2 aromatic rings. The number of hydrogen-bond donors (Lipinski definition) is 0. The van der Waals surface area contributed by atoms with Gasteiger partial charge in [-0.25, -0.2) is 4.68 Å². The minimum atomic E-state index is -4.37. The zero-order valence-electron chi connectivity index (χ0n) is 9.78. The first-order chi connectivity index (χ1) is 8.95. The van der Waals surface area contributed by atoms with Gasteiger partial charge in [-0.15, -0.1) is 0 Å². The number of halogens is 4. The van der Waals surface area contributed by atoms with Gasteiger partial charge >= 0.3 is 6.18 Å². The van der Waals surface area contributed by atoms with Crippen molar-refractivity contribution in [1.29, 1.82) is 0 Å². The summed E-state index contributed by atoms with van der Waals surface area (Å²) in [5, 5.41) is 4.62. The normalized spacial score (nSPS) is 15.8. The van der Waals surface area contributed by atoms with E-state index in [1.165, 1.54) is 10.7 Å².